The highest BCUT2D eigenvalue weighted by Crippen LogP contribution is 2.38. The van der Waals surface area contributed by atoms with Gasteiger partial charge in [0.1, 0.15) is 5.82 Å². The van der Waals surface area contributed by atoms with E-state index in [0.29, 0.717) is 9.23 Å². The fourth-order valence-corrected chi connectivity index (χ4v) is 4.07. The molecule has 0 spiro atoms. The highest BCUT2D eigenvalue weighted by molar-refractivity contribution is 8.27. The van der Waals surface area contributed by atoms with Gasteiger partial charge >= 0.3 is 0 Å². The third-order valence-corrected chi connectivity index (χ3v) is 5.27. The van der Waals surface area contributed by atoms with Crippen LogP contribution in [0.4, 0.5) is 10.1 Å². The lowest BCUT2D eigenvalue weighted by atomic mass is 10.1. The number of hydrogen-bond donors (Lipinski definition) is 0. The predicted octanol–water partition coefficient (Wildman–Crippen LogP) is 5.38. The molecule has 0 aliphatic carbocycles. The van der Waals surface area contributed by atoms with Crippen molar-refractivity contribution in [3.63, 3.8) is 0 Å². The third kappa shape index (κ3) is 2.97. The van der Waals surface area contributed by atoms with E-state index in [0.717, 1.165) is 22.0 Å². The van der Waals surface area contributed by atoms with Crippen molar-refractivity contribution in [2.75, 3.05) is 4.90 Å². The molecule has 4 rings (SSSR count). The first-order valence-corrected chi connectivity index (χ1v) is 8.87. The molecule has 0 bridgehead atoms. The summed E-state index contributed by atoms with van der Waals surface area (Å²) in [4.78, 5) is 15.0. The van der Waals surface area contributed by atoms with Gasteiger partial charge in [-0.15, -0.1) is 0 Å². The summed E-state index contributed by atoms with van der Waals surface area (Å²) in [5, 5.41) is 2.03. The number of benzene rings is 3. The number of hydrogen-bond acceptors (Lipinski definition) is 3. The Morgan fingerprint density at radius 1 is 0.960 bits per heavy atom. The van der Waals surface area contributed by atoms with Gasteiger partial charge in [-0.05, 0) is 35.2 Å². The number of carbonyl (C=O) groups excluding carboxylic acids is 1. The molecule has 1 aliphatic rings. The van der Waals surface area contributed by atoms with Gasteiger partial charge in [0.2, 0.25) is 0 Å². The molecule has 0 radical (unpaired) electrons. The maximum atomic E-state index is 13.0. The number of rotatable bonds is 2. The molecule has 1 amide bonds. The molecule has 3 aromatic carbocycles. The van der Waals surface area contributed by atoms with E-state index >= 15 is 0 Å². The Labute approximate surface area is 154 Å². The largest absolute Gasteiger partial charge is 0.270 e. The zero-order valence-electron chi connectivity index (χ0n) is 13.0. The van der Waals surface area contributed by atoms with E-state index in [9.17, 15) is 9.18 Å². The number of halogens is 1. The van der Waals surface area contributed by atoms with E-state index in [1.807, 2.05) is 42.5 Å². The fraction of sp³-hybridized carbons (Fsp3) is 0. The van der Waals surface area contributed by atoms with Gasteiger partial charge in [0, 0.05) is 5.39 Å². The second kappa shape index (κ2) is 6.43. The Morgan fingerprint density at radius 2 is 1.68 bits per heavy atom. The summed E-state index contributed by atoms with van der Waals surface area (Å²) in [7, 11) is 0. The quantitative estimate of drug-likeness (QED) is 0.449. The van der Waals surface area contributed by atoms with Crippen molar-refractivity contribution in [3.8, 4) is 0 Å². The van der Waals surface area contributed by atoms with E-state index in [1.165, 1.54) is 23.9 Å². The molecular formula is C20H12FNOS2. The molecule has 1 saturated heterocycles. The molecule has 3 aromatic rings. The van der Waals surface area contributed by atoms with Crippen LogP contribution in [0.3, 0.4) is 0 Å². The second-order valence-corrected chi connectivity index (χ2v) is 7.24. The van der Waals surface area contributed by atoms with E-state index in [4.69, 9.17) is 12.2 Å². The number of thiocarbonyl (C=S) groups is 1. The SMILES string of the molecule is O=C1/C(=C/c2ccc(F)cc2)SC(=S)N1c1cccc2ccccc12. The van der Waals surface area contributed by atoms with Crippen LogP contribution in [0, 0.1) is 5.82 Å². The van der Waals surface area contributed by atoms with Gasteiger partial charge in [0.15, 0.2) is 4.32 Å². The minimum atomic E-state index is -0.305. The van der Waals surface area contributed by atoms with Gasteiger partial charge in [-0.25, -0.2) is 4.39 Å². The summed E-state index contributed by atoms with van der Waals surface area (Å²) in [5.41, 5.74) is 1.54. The minimum Gasteiger partial charge on any atom is -0.268 e. The van der Waals surface area contributed by atoms with Crippen LogP contribution >= 0.6 is 24.0 Å². The predicted molar refractivity (Wildman–Crippen MR) is 106 cm³/mol. The van der Waals surface area contributed by atoms with Crippen molar-refractivity contribution in [2.45, 2.75) is 0 Å². The third-order valence-electron chi connectivity index (χ3n) is 3.97. The van der Waals surface area contributed by atoms with Crippen LogP contribution in [-0.4, -0.2) is 10.2 Å². The van der Waals surface area contributed by atoms with Crippen LogP contribution in [-0.2, 0) is 4.79 Å². The topological polar surface area (TPSA) is 20.3 Å². The van der Waals surface area contributed by atoms with Crippen LogP contribution < -0.4 is 4.90 Å². The number of nitrogens with zero attached hydrogens (tertiary/aromatic N) is 1. The number of fused-ring (bicyclic) bond motifs is 1. The maximum absolute atomic E-state index is 13.0. The molecule has 0 aromatic heterocycles. The smallest absolute Gasteiger partial charge is 0.268 e. The van der Waals surface area contributed by atoms with Crippen molar-refractivity contribution in [3.05, 3.63) is 83.0 Å². The minimum absolute atomic E-state index is 0.157. The molecule has 122 valence electrons. The molecule has 0 unspecified atom stereocenters. The Hall–Kier alpha value is -2.50. The molecular weight excluding hydrogens is 353 g/mol. The van der Waals surface area contributed by atoms with Crippen LogP contribution in [0.15, 0.2) is 71.6 Å². The average Bonchev–Trinajstić information content (AvgIpc) is 2.90. The standard InChI is InChI=1S/C20H12FNOS2/c21-15-10-8-13(9-11-15)12-18-19(23)22(20(24)25-18)17-7-3-5-14-4-1-2-6-16(14)17/h1-12H/b18-12-. The van der Waals surface area contributed by atoms with Gasteiger partial charge in [0.05, 0.1) is 10.6 Å². The molecule has 1 fully saturated rings. The molecule has 0 saturated carbocycles. The molecule has 5 heteroatoms. The van der Waals surface area contributed by atoms with Crippen molar-refractivity contribution in [2.24, 2.45) is 0 Å². The van der Waals surface area contributed by atoms with Crippen molar-refractivity contribution in [1.82, 2.24) is 0 Å². The maximum Gasteiger partial charge on any atom is 0.270 e. The number of thioether (sulfide) groups is 1. The van der Waals surface area contributed by atoms with E-state index in [2.05, 4.69) is 0 Å². The lowest BCUT2D eigenvalue weighted by Crippen LogP contribution is -2.27. The van der Waals surface area contributed by atoms with Crippen LogP contribution in [0.25, 0.3) is 16.8 Å². The molecule has 1 heterocycles. The Bertz CT molecular complexity index is 1020. The van der Waals surface area contributed by atoms with Gasteiger partial charge in [-0.3, -0.25) is 9.69 Å². The first-order valence-electron chi connectivity index (χ1n) is 7.65. The monoisotopic (exact) mass is 365 g/mol. The number of carbonyl (C=O) groups is 1. The summed E-state index contributed by atoms with van der Waals surface area (Å²) in [6, 6.07) is 19.7. The Morgan fingerprint density at radius 3 is 2.48 bits per heavy atom. The Kier molecular flexibility index (Phi) is 4.11. The number of amides is 1. The molecule has 0 atom stereocenters. The van der Waals surface area contributed by atoms with Crippen LogP contribution in [0.2, 0.25) is 0 Å². The highest BCUT2D eigenvalue weighted by Gasteiger charge is 2.34. The molecule has 0 N–H and O–H groups in total. The molecule has 2 nitrogen and oxygen atoms in total. The zero-order chi connectivity index (χ0) is 17.4. The van der Waals surface area contributed by atoms with Gasteiger partial charge < -0.3 is 0 Å². The summed E-state index contributed by atoms with van der Waals surface area (Å²) in [6.45, 7) is 0. The van der Waals surface area contributed by atoms with Crippen molar-refractivity contribution >= 4 is 56.7 Å². The second-order valence-electron chi connectivity index (χ2n) is 5.57. The van der Waals surface area contributed by atoms with Gasteiger partial charge in [-0.1, -0.05) is 72.5 Å². The lowest BCUT2D eigenvalue weighted by molar-refractivity contribution is -0.113. The summed E-state index contributed by atoms with van der Waals surface area (Å²) >= 11 is 6.70. The summed E-state index contributed by atoms with van der Waals surface area (Å²) in [5.74, 6) is -0.462. The van der Waals surface area contributed by atoms with E-state index in [1.54, 1.807) is 23.1 Å². The summed E-state index contributed by atoms with van der Waals surface area (Å²) < 4.78 is 13.5. The summed E-state index contributed by atoms with van der Waals surface area (Å²) in [6.07, 6.45) is 1.74. The van der Waals surface area contributed by atoms with Gasteiger partial charge in [-0.2, -0.15) is 0 Å². The first-order chi connectivity index (χ1) is 12.1. The Balaban J connectivity index is 1.75. The normalized spacial score (nSPS) is 16.2. The zero-order valence-corrected chi connectivity index (χ0v) is 14.6. The van der Waals surface area contributed by atoms with Gasteiger partial charge in [0.25, 0.3) is 5.91 Å². The van der Waals surface area contributed by atoms with Crippen molar-refractivity contribution in [1.29, 1.82) is 0 Å². The molecule has 25 heavy (non-hydrogen) atoms. The lowest BCUT2D eigenvalue weighted by Gasteiger charge is -2.17. The van der Waals surface area contributed by atoms with E-state index < -0.39 is 0 Å². The van der Waals surface area contributed by atoms with Crippen LogP contribution in [0.5, 0.6) is 0 Å². The van der Waals surface area contributed by atoms with E-state index in [-0.39, 0.29) is 11.7 Å². The fourth-order valence-electron chi connectivity index (χ4n) is 2.79. The van der Waals surface area contributed by atoms with Crippen LogP contribution in [0.1, 0.15) is 5.56 Å². The van der Waals surface area contributed by atoms with Crippen molar-refractivity contribution < 1.29 is 9.18 Å². The highest BCUT2D eigenvalue weighted by atomic mass is 32.2. The molecule has 1 aliphatic heterocycles. The average molecular weight is 365 g/mol. The number of anilines is 1. The first kappa shape index (κ1) is 16.0.